The lowest BCUT2D eigenvalue weighted by Crippen LogP contribution is -2.53. The molecule has 0 amide bonds. The van der Waals surface area contributed by atoms with Crippen molar-refractivity contribution < 1.29 is 4.74 Å². The van der Waals surface area contributed by atoms with Gasteiger partial charge >= 0.3 is 0 Å². The zero-order chi connectivity index (χ0) is 13.6. The molecule has 2 heteroatoms. The predicted molar refractivity (Wildman–Crippen MR) is 78.9 cm³/mol. The molecule has 1 saturated carbocycles. The fraction of sp³-hybridized carbons (Fsp3) is 1.00. The number of hydrogen-bond donors (Lipinski definition) is 1. The Bertz CT molecular complexity index is 229. The minimum absolute atomic E-state index is 0.0867. The molecule has 18 heavy (non-hydrogen) atoms. The molecule has 0 saturated heterocycles. The Labute approximate surface area is 114 Å². The summed E-state index contributed by atoms with van der Waals surface area (Å²) in [7, 11) is 4.00. The van der Waals surface area contributed by atoms with Crippen LogP contribution >= 0.6 is 0 Å². The Morgan fingerprint density at radius 2 is 2.06 bits per heavy atom. The van der Waals surface area contributed by atoms with Gasteiger partial charge in [-0.3, -0.25) is 0 Å². The first-order valence-electron chi connectivity index (χ1n) is 7.76. The number of rotatable bonds is 7. The molecule has 0 aliphatic heterocycles. The maximum Gasteiger partial charge on any atom is 0.0833 e. The topological polar surface area (TPSA) is 21.3 Å². The molecule has 1 fully saturated rings. The zero-order valence-electron chi connectivity index (χ0n) is 13.1. The first kappa shape index (κ1) is 16.0. The van der Waals surface area contributed by atoms with E-state index in [4.69, 9.17) is 4.74 Å². The van der Waals surface area contributed by atoms with E-state index in [1.165, 1.54) is 44.9 Å². The van der Waals surface area contributed by atoms with E-state index in [1.54, 1.807) is 0 Å². The Balaban J connectivity index is 2.58. The fourth-order valence-corrected chi connectivity index (χ4v) is 3.59. The van der Waals surface area contributed by atoms with Crippen molar-refractivity contribution in [1.82, 2.24) is 5.32 Å². The lowest BCUT2D eigenvalue weighted by atomic mass is 9.73. The quantitative estimate of drug-likeness (QED) is 0.742. The van der Waals surface area contributed by atoms with Crippen molar-refractivity contribution in [2.24, 2.45) is 11.8 Å². The van der Waals surface area contributed by atoms with Crippen molar-refractivity contribution in [3.05, 3.63) is 0 Å². The molecule has 1 N–H and O–H groups in total. The Hall–Kier alpha value is -0.0800. The van der Waals surface area contributed by atoms with Gasteiger partial charge in [0.2, 0.25) is 0 Å². The van der Waals surface area contributed by atoms with Gasteiger partial charge in [-0.25, -0.2) is 0 Å². The van der Waals surface area contributed by atoms with Crippen molar-refractivity contribution in [3.63, 3.8) is 0 Å². The smallest absolute Gasteiger partial charge is 0.0833 e. The van der Waals surface area contributed by atoms with Crippen LogP contribution < -0.4 is 5.32 Å². The van der Waals surface area contributed by atoms with Crippen LogP contribution in [0.5, 0.6) is 0 Å². The average Bonchev–Trinajstić information content (AvgIpc) is 2.34. The molecule has 0 radical (unpaired) electrons. The van der Waals surface area contributed by atoms with E-state index in [1.807, 2.05) is 7.11 Å². The molecule has 108 valence electrons. The summed E-state index contributed by atoms with van der Waals surface area (Å²) in [5, 5.41) is 3.53. The van der Waals surface area contributed by atoms with Gasteiger partial charge in [-0.05, 0) is 38.1 Å². The Kier molecular flexibility index (Phi) is 6.65. The van der Waals surface area contributed by atoms with Gasteiger partial charge in [0, 0.05) is 13.2 Å². The van der Waals surface area contributed by atoms with Gasteiger partial charge in [0.05, 0.1) is 5.60 Å². The van der Waals surface area contributed by atoms with Crippen LogP contribution in [0.1, 0.15) is 65.7 Å². The highest BCUT2D eigenvalue weighted by Gasteiger charge is 2.41. The standard InChI is InChI=1S/C16H33NO/c1-13(2)8-6-10-15(17-4)16(18-5)11-7-9-14(3)12-16/h13-15,17H,6-12H2,1-5H3. The third-order valence-corrected chi connectivity index (χ3v) is 4.66. The molecule has 1 rings (SSSR count). The number of hydrogen-bond acceptors (Lipinski definition) is 2. The van der Waals surface area contributed by atoms with Crippen LogP contribution in [0.2, 0.25) is 0 Å². The van der Waals surface area contributed by atoms with Crippen LogP contribution in [-0.2, 0) is 4.74 Å². The third kappa shape index (κ3) is 4.24. The van der Waals surface area contributed by atoms with Crippen LogP contribution in [0.25, 0.3) is 0 Å². The van der Waals surface area contributed by atoms with Gasteiger partial charge in [0.1, 0.15) is 0 Å². The SMILES string of the molecule is CNC(CCCC(C)C)C1(OC)CCCC(C)C1. The number of methoxy groups -OCH3 is 1. The monoisotopic (exact) mass is 255 g/mol. The summed E-state index contributed by atoms with van der Waals surface area (Å²) in [6, 6.07) is 0.518. The molecule has 0 spiro atoms. The lowest BCUT2D eigenvalue weighted by Gasteiger charge is -2.44. The van der Waals surface area contributed by atoms with Crippen molar-refractivity contribution in [1.29, 1.82) is 0 Å². The summed E-state index contributed by atoms with van der Waals surface area (Å²) in [6.07, 6.45) is 9.01. The van der Waals surface area contributed by atoms with Gasteiger partial charge in [-0.1, -0.05) is 46.5 Å². The second kappa shape index (κ2) is 7.49. The van der Waals surface area contributed by atoms with E-state index < -0.39 is 0 Å². The van der Waals surface area contributed by atoms with E-state index in [0.29, 0.717) is 6.04 Å². The summed E-state index contributed by atoms with van der Waals surface area (Å²) >= 11 is 0. The predicted octanol–water partition coefficient (Wildman–Crippen LogP) is 4.00. The van der Waals surface area contributed by atoms with Gasteiger partial charge < -0.3 is 10.1 Å². The molecule has 0 aromatic rings. The summed E-state index contributed by atoms with van der Waals surface area (Å²) in [5.74, 6) is 1.62. The minimum Gasteiger partial charge on any atom is -0.377 e. The minimum atomic E-state index is 0.0867. The molecule has 0 heterocycles. The molecule has 0 bridgehead atoms. The van der Waals surface area contributed by atoms with Gasteiger partial charge in [0.15, 0.2) is 0 Å². The van der Waals surface area contributed by atoms with E-state index in [0.717, 1.165) is 11.8 Å². The lowest BCUT2D eigenvalue weighted by molar-refractivity contribution is -0.0799. The van der Waals surface area contributed by atoms with Crippen LogP contribution in [0.15, 0.2) is 0 Å². The van der Waals surface area contributed by atoms with Gasteiger partial charge in [-0.2, -0.15) is 0 Å². The summed E-state index contributed by atoms with van der Waals surface area (Å²) in [4.78, 5) is 0. The molecule has 0 aromatic heterocycles. The van der Waals surface area contributed by atoms with E-state index in [9.17, 15) is 0 Å². The Morgan fingerprint density at radius 1 is 1.33 bits per heavy atom. The summed E-state index contributed by atoms with van der Waals surface area (Å²) in [5.41, 5.74) is 0.0867. The number of likely N-dealkylation sites (N-methyl/N-ethyl adjacent to an activating group) is 1. The van der Waals surface area contributed by atoms with Crippen molar-refractivity contribution >= 4 is 0 Å². The third-order valence-electron chi connectivity index (χ3n) is 4.66. The normalized spacial score (nSPS) is 30.7. The molecule has 0 aromatic carbocycles. The van der Waals surface area contributed by atoms with Crippen molar-refractivity contribution in [2.75, 3.05) is 14.2 Å². The van der Waals surface area contributed by atoms with Crippen LogP contribution in [0.4, 0.5) is 0 Å². The highest BCUT2D eigenvalue weighted by molar-refractivity contribution is 4.96. The average molecular weight is 255 g/mol. The number of nitrogens with one attached hydrogen (secondary N) is 1. The van der Waals surface area contributed by atoms with Gasteiger partial charge in [-0.15, -0.1) is 0 Å². The van der Waals surface area contributed by atoms with Crippen LogP contribution in [0.3, 0.4) is 0 Å². The summed E-state index contributed by atoms with van der Waals surface area (Å²) in [6.45, 7) is 6.99. The maximum atomic E-state index is 6.00. The first-order chi connectivity index (χ1) is 8.54. The van der Waals surface area contributed by atoms with E-state index in [2.05, 4.69) is 33.1 Å². The molecular formula is C16H33NO. The molecule has 2 nitrogen and oxygen atoms in total. The first-order valence-corrected chi connectivity index (χ1v) is 7.76. The van der Waals surface area contributed by atoms with Gasteiger partial charge in [0.25, 0.3) is 0 Å². The second-order valence-electron chi connectivity index (χ2n) is 6.64. The highest BCUT2D eigenvalue weighted by Crippen LogP contribution is 2.38. The van der Waals surface area contributed by atoms with Crippen LogP contribution in [0, 0.1) is 11.8 Å². The van der Waals surface area contributed by atoms with E-state index >= 15 is 0 Å². The van der Waals surface area contributed by atoms with E-state index in [-0.39, 0.29) is 5.60 Å². The molecule has 3 unspecified atom stereocenters. The highest BCUT2D eigenvalue weighted by atomic mass is 16.5. The molecular weight excluding hydrogens is 222 g/mol. The maximum absolute atomic E-state index is 6.00. The van der Waals surface area contributed by atoms with Crippen molar-refractivity contribution in [2.45, 2.75) is 77.4 Å². The zero-order valence-corrected chi connectivity index (χ0v) is 13.1. The fourth-order valence-electron chi connectivity index (χ4n) is 3.59. The number of ether oxygens (including phenoxy) is 1. The van der Waals surface area contributed by atoms with Crippen molar-refractivity contribution in [3.8, 4) is 0 Å². The Morgan fingerprint density at radius 3 is 2.56 bits per heavy atom. The second-order valence-corrected chi connectivity index (χ2v) is 6.64. The molecule has 1 aliphatic rings. The largest absolute Gasteiger partial charge is 0.377 e. The molecule has 1 aliphatic carbocycles. The van der Waals surface area contributed by atoms with Crippen LogP contribution in [-0.4, -0.2) is 25.8 Å². The molecule has 3 atom stereocenters. The summed E-state index contributed by atoms with van der Waals surface area (Å²) < 4.78 is 6.00.